The number of nitrogens with zero attached hydrogens (tertiary/aromatic N) is 3. The molecule has 1 saturated carbocycles. The fourth-order valence-corrected chi connectivity index (χ4v) is 2.37. The molecule has 1 aromatic heterocycles. The highest BCUT2D eigenvalue weighted by Crippen LogP contribution is 2.43. The Morgan fingerprint density at radius 1 is 1.24 bits per heavy atom. The highest BCUT2D eigenvalue weighted by Gasteiger charge is 2.36. The molecule has 1 fully saturated rings. The van der Waals surface area contributed by atoms with E-state index in [0.717, 1.165) is 24.7 Å². The summed E-state index contributed by atoms with van der Waals surface area (Å²) in [5, 5.41) is 3.58. The molecule has 0 unspecified atom stereocenters. The zero-order chi connectivity index (χ0) is 15.2. The maximum atomic E-state index is 12.6. The molecule has 0 spiro atoms. The molecule has 3 nitrogen and oxygen atoms in total. The molecule has 1 aliphatic rings. The highest BCUT2D eigenvalue weighted by atomic mass is 19.4. The van der Waals surface area contributed by atoms with Gasteiger partial charge in [-0.2, -0.15) is 13.2 Å². The largest absolute Gasteiger partial charge is 0.453 e. The van der Waals surface area contributed by atoms with Crippen LogP contribution in [-0.2, 0) is 6.18 Å². The zero-order valence-electron chi connectivity index (χ0n) is 11.9. The standard InChI is InChI=1S/C15H16F3N3/c1-9(2)11-5-6-13(12(7-11)10-3-4-10)21-8-19-14(20-21)15(16,17)18/h5-10H,3-4H2,1-2H3. The molecule has 0 saturated heterocycles. The number of hydrogen-bond acceptors (Lipinski definition) is 2. The van der Waals surface area contributed by atoms with Gasteiger partial charge in [-0.15, -0.1) is 5.10 Å². The van der Waals surface area contributed by atoms with Crippen LogP contribution in [0.25, 0.3) is 5.69 Å². The predicted octanol–water partition coefficient (Wildman–Crippen LogP) is 4.29. The summed E-state index contributed by atoms with van der Waals surface area (Å²) in [4.78, 5) is 3.37. The minimum absolute atomic E-state index is 0.387. The lowest BCUT2D eigenvalue weighted by Gasteiger charge is -2.13. The van der Waals surface area contributed by atoms with Gasteiger partial charge in [0.25, 0.3) is 5.82 Å². The van der Waals surface area contributed by atoms with Gasteiger partial charge in [-0.1, -0.05) is 26.0 Å². The van der Waals surface area contributed by atoms with Crippen molar-refractivity contribution in [1.82, 2.24) is 14.8 Å². The quantitative estimate of drug-likeness (QED) is 0.846. The van der Waals surface area contributed by atoms with E-state index in [4.69, 9.17) is 0 Å². The first kappa shape index (κ1) is 14.1. The van der Waals surface area contributed by atoms with E-state index >= 15 is 0 Å². The molecule has 0 atom stereocenters. The first-order valence-electron chi connectivity index (χ1n) is 6.99. The van der Waals surface area contributed by atoms with Crippen LogP contribution in [0.4, 0.5) is 13.2 Å². The lowest BCUT2D eigenvalue weighted by molar-refractivity contribution is -0.144. The van der Waals surface area contributed by atoms with Gasteiger partial charge in [0.2, 0.25) is 0 Å². The molecule has 6 heteroatoms. The van der Waals surface area contributed by atoms with Crippen molar-refractivity contribution in [1.29, 1.82) is 0 Å². The number of hydrogen-bond donors (Lipinski definition) is 0. The first-order valence-corrected chi connectivity index (χ1v) is 6.99. The summed E-state index contributed by atoms with van der Waals surface area (Å²) in [5.74, 6) is -0.285. The summed E-state index contributed by atoms with van der Waals surface area (Å²) >= 11 is 0. The average molecular weight is 295 g/mol. The number of alkyl halides is 3. The second kappa shape index (κ2) is 4.86. The van der Waals surface area contributed by atoms with E-state index in [1.54, 1.807) is 0 Å². The number of aromatic nitrogens is 3. The topological polar surface area (TPSA) is 30.7 Å². The van der Waals surface area contributed by atoms with Crippen molar-refractivity contribution in [2.45, 2.75) is 44.7 Å². The van der Waals surface area contributed by atoms with Gasteiger partial charge in [-0.25, -0.2) is 9.67 Å². The summed E-state index contributed by atoms with van der Waals surface area (Å²) in [6.07, 6.45) is -1.22. The van der Waals surface area contributed by atoms with E-state index in [1.807, 2.05) is 12.1 Å². The number of halogens is 3. The van der Waals surface area contributed by atoms with Crippen LogP contribution in [0.5, 0.6) is 0 Å². The molecule has 2 aromatic rings. The van der Waals surface area contributed by atoms with Crippen molar-refractivity contribution in [2.24, 2.45) is 0 Å². The van der Waals surface area contributed by atoms with Gasteiger partial charge in [0.1, 0.15) is 6.33 Å². The second-order valence-corrected chi connectivity index (χ2v) is 5.76. The molecule has 112 valence electrons. The smallest absolute Gasteiger partial charge is 0.220 e. The number of benzene rings is 1. The van der Waals surface area contributed by atoms with Crippen molar-refractivity contribution >= 4 is 0 Å². The van der Waals surface area contributed by atoms with Crippen LogP contribution in [0.15, 0.2) is 24.5 Å². The lowest BCUT2D eigenvalue weighted by atomic mass is 9.97. The molecular formula is C15H16F3N3. The van der Waals surface area contributed by atoms with Gasteiger partial charge in [-0.05, 0) is 41.9 Å². The Balaban J connectivity index is 2.03. The lowest BCUT2D eigenvalue weighted by Crippen LogP contribution is -2.09. The van der Waals surface area contributed by atoms with E-state index in [1.165, 1.54) is 10.2 Å². The fraction of sp³-hybridized carbons (Fsp3) is 0.467. The molecular weight excluding hydrogens is 279 g/mol. The fourth-order valence-electron chi connectivity index (χ4n) is 2.37. The van der Waals surface area contributed by atoms with Gasteiger partial charge in [0.05, 0.1) is 5.69 Å². The SMILES string of the molecule is CC(C)c1ccc(-n2cnc(C(F)(F)F)n2)c(C2CC2)c1. The molecule has 21 heavy (non-hydrogen) atoms. The Bertz CT molecular complexity index is 654. The van der Waals surface area contributed by atoms with Crippen molar-refractivity contribution < 1.29 is 13.2 Å². The average Bonchev–Trinajstić information content (AvgIpc) is 3.13. The second-order valence-electron chi connectivity index (χ2n) is 5.76. The summed E-state index contributed by atoms with van der Waals surface area (Å²) in [7, 11) is 0. The third kappa shape index (κ3) is 2.80. The van der Waals surface area contributed by atoms with Crippen molar-refractivity contribution in [3.05, 3.63) is 41.5 Å². The van der Waals surface area contributed by atoms with E-state index in [0.29, 0.717) is 17.5 Å². The zero-order valence-corrected chi connectivity index (χ0v) is 11.9. The summed E-state index contributed by atoms with van der Waals surface area (Å²) in [6.45, 7) is 4.20. The molecule has 1 heterocycles. The Morgan fingerprint density at radius 3 is 2.48 bits per heavy atom. The van der Waals surface area contributed by atoms with Crippen LogP contribution < -0.4 is 0 Å². The summed E-state index contributed by atoms with van der Waals surface area (Å²) in [5.41, 5.74) is 2.96. The maximum absolute atomic E-state index is 12.6. The van der Waals surface area contributed by atoms with Gasteiger partial charge < -0.3 is 0 Å². The Morgan fingerprint density at radius 2 is 1.95 bits per heavy atom. The molecule has 1 aliphatic carbocycles. The van der Waals surface area contributed by atoms with Crippen molar-refractivity contribution in [2.75, 3.05) is 0 Å². The van der Waals surface area contributed by atoms with Crippen molar-refractivity contribution in [3.8, 4) is 5.69 Å². The van der Waals surface area contributed by atoms with Crippen LogP contribution in [0.3, 0.4) is 0 Å². The molecule has 0 N–H and O–H groups in total. The third-order valence-electron chi connectivity index (χ3n) is 3.73. The Labute approximate surface area is 120 Å². The van der Waals surface area contributed by atoms with Crippen LogP contribution in [0, 0.1) is 0 Å². The number of rotatable bonds is 3. The van der Waals surface area contributed by atoms with Gasteiger partial charge >= 0.3 is 6.18 Å². The third-order valence-corrected chi connectivity index (χ3v) is 3.73. The van der Waals surface area contributed by atoms with E-state index < -0.39 is 12.0 Å². The molecule has 3 rings (SSSR count). The van der Waals surface area contributed by atoms with Gasteiger partial charge in [0.15, 0.2) is 0 Å². The highest BCUT2D eigenvalue weighted by molar-refractivity contribution is 5.47. The minimum Gasteiger partial charge on any atom is -0.220 e. The Hall–Kier alpha value is -1.85. The first-order chi connectivity index (χ1) is 9.86. The maximum Gasteiger partial charge on any atom is 0.453 e. The molecule has 1 aromatic carbocycles. The van der Waals surface area contributed by atoms with E-state index in [2.05, 4.69) is 30.0 Å². The van der Waals surface area contributed by atoms with Crippen molar-refractivity contribution in [3.63, 3.8) is 0 Å². The predicted molar refractivity (Wildman–Crippen MR) is 72.4 cm³/mol. The van der Waals surface area contributed by atoms with Crippen LogP contribution in [-0.4, -0.2) is 14.8 Å². The van der Waals surface area contributed by atoms with Crippen LogP contribution in [0.1, 0.15) is 55.5 Å². The normalized spacial score (nSPS) is 15.7. The van der Waals surface area contributed by atoms with E-state index in [9.17, 15) is 13.2 Å². The Kier molecular flexibility index (Phi) is 3.26. The van der Waals surface area contributed by atoms with Crippen LogP contribution >= 0.6 is 0 Å². The van der Waals surface area contributed by atoms with Crippen LogP contribution in [0.2, 0.25) is 0 Å². The molecule has 0 radical (unpaired) electrons. The van der Waals surface area contributed by atoms with Gasteiger partial charge in [0, 0.05) is 0 Å². The van der Waals surface area contributed by atoms with Gasteiger partial charge in [-0.3, -0.25) is 0 Å². The molecule has 0 amide bonds. The minimum atomic E-state index is -4.51. The molecule has 0 aliphatic heterocycles. The summed E-state index contributed by atoms with van der Waals surface area (Å²) < 4.78 is 39.1. The summed E-state index contributed by atoms with van der Waals surface area (Å²) in [6, 6.07) is 5.88. The monoisotopic (exact) mass is 295 g/mol. The molecule has 0 bridgehead atoms. The van der Waals surface area contributed by atoms with E-state index in [-0.39, 0.29) is 0 Å².